The smallest absolute Gasteiger partial charge is 0.412 e. The molecule has 0 spiro atoms. The quantitative estimate of drug-likeness (QED) is 0.518. The van der Waals surface area contributed by atoms with Gasteiger partial charge in [-0.15, -0.1) is 0 Å². The molecule has 0 bridgehead atoms. The largest absolute Gasteiger partial charge is 0.497 e. The number of aromatic nitrogens is 1. The fraction of sp³-hybridized carbons (Fsp3) is 0.273. The highest BCUT2D eigenvalue weighted by Crippen LogP contribution is 2.34. The molecule has 2 aliphatic heterocycles. The highest BCUT2D eigenvalue weighted by molar-refractivity contribution is 5.99. The summed E-state index contributed by atoms with van der Waals surface area (Å²) in [5, 5.41) is 5.35. The van der Waals surface area contributed by atoms with Crippen molar-refractivity contribution in [3.05, 3.63) is 53.3 Å². The summed E-state index contributed by atoms with van der Waals surface area (Å²) in [5.41, 5.74) is 3.34. The van der Waals surface area contributed by atoms with Crippen molar-refractivity contribution >= 4 is 34.9 Å². The molecule has 5 rings (SSSR count). The number of furan rings is 1. The van der Waals surface area contributed by atoms with Crippen LogP contribution in [0.25, 0.3) is 11.1 Å². The van der Waals surface area contributed by atoms with Gasteiger partial charge >= 0.3 is 12.1 Å². The number of hydroxylamine groups is 1. The van der Waals surface area contributed by atoms with E-state index in [1.807, 2.05) is 6.07 Å². The van der Waals surface area contributed by atoms with Crippen LogP contribution in [0.3, 0.4) is 0 Å². The van der Waals surface area contributed by atoms with Crippen molar-refractivity contribution in [1.82, 2.24) is 20.7 Å². The molecule has 4 amide bonds. The number of pyridine rings is 1. The first-order chi connectivity index (χ1) is 16.4. The topological polar surface area (TPSA) is 144 Å². The van der Waals surface area contributed by atoms with Crippen molar-refractivity contribution in [3.63, 3.8) is 0 Å². The lowest BCUT2D eigenvalue weighted by atomic mass is 9.95. The van der Waals surface area contributed by atoms with Gasteiger partial charge in [0.1, 0.15) is 35.0 Å². The van der Waals surface area contributed by atoms with E-state index in [0.717, 1.165) is 5.56 Å². The number of carbonyl (C=O) groups excluding carboxylic acids is 3. The second-order valence-corrected chi connectivity index (χ2v) is 7.92. The molecule has 176 valence electrons. The lowest BCUT2D eigenvalue weighted by molar-refractivity contribution is -0.0284. The predicted molar refractivity (Wildman–Crippen MR) is 117 cm³/mol. The van der Waals surface area contributed by atoms with E-state index in [1.165, 1.54) is 14.2 Å². The molecule has 0 radical (unpaired) electrons. The Balaban J connectivity index is 1.48. The van der Waals surface area contributed by atoms with Crippen LogP contribution >= 0.6 is 0 Å². The van der Waals surface area contributed by atoms with Crippen molar-refractivity contribution < 1.29 is 33.1 Å². The normalized spacial score (nSPS) is 19.4. The molecule has 3 aromatic rings. The zero-order chi connectivity index (χ0) is 23.9. The Labute approximate surface area is 193 Å². The van der Waals surface area contributed by atoms with Crippen LogP contribution in [0.1, 0.15) is 21.7 Å². The average Bonchev–Trinajstić information content (AvgIpc) is 3.40. The summed E-state index contributed by atoms with van der Waals surface area (Å²) in [5.74, 6) is 1.01. The van der Waals surface area contributed by atoms with E-state index in [0.29, 0.717) is 34.7 Å². The lowest BCUT2D eigenvalue weighted by Gasteiger charge is -2.38. The molecule has 12 heteroatoms. The number of hydrogen-bond donors (Lipinski definition) is 3. The van der Waals surface area contributed by atoms with Crippen LogP contribution in [0.15, 0.2) is 40.8 Å². The van der Waals surface area contributed by atoms with Crippen LogP contribution in [0.5, 0.6) is 5.75 Å². The van der Waals surface area contributed by atoms with Crippen molar-refractivity contribution in [2.24, 2.45) is 0 Å². The van der Waals surface area contributed by atoms with Gasteiger partial charge in [0, 0.05) is 18.2 Å². The number of fused-ring (bicyclic) bond motifs is 2. The minimum Gasteiger partial charge on any atom is -0.497 e. The van der Waals surface area contributed by atoms with Gasteiger partial charge in [-0.25, -0.2) is 20.1 Å². The SMILES string of the molecule is COC(=O)Nc1ccc2oc([C@@]3(CN4Cc5ccc(OC)cc5C4=O)CONC(=O)N3)cc2n1. The number of anilines is 1. The third-order valence-electron chi connectivity index (χ3n) is 5.75. The molecule has 1 saturated heterocycles. The molecule has 1 aromatic carbocycles. The minimum atomic E-state index is -1.18. The number of hydrogen-bond acceptors (Lipinski definition) is 8. The van der Waals surface area contributed by atoms with Crippen LogP contribution in [0, 0.1) is 0 Å². The molecule has 1 atom stereocenters. The molecule has 34 heavy (non-hydrogen) atoms. The first-order valence-corrected chi connectivity index (χ1v) is 10.3. The van der Waals surface area contributed by atoms with Gasteiger partial charge in [0.25, 0.3) is 5.91 Å². The molecule has 3 N–H and O–H groups in total. The number of nitrogens with zero attached hydrogens (tertiary/aromatic N) is 2. The van der Waals surface area contributed by atoms with Gasteiger partial charge in [0.05, 0.1) is 20.8 Å². The van der Waals surface area contributed by atoms with Gasteiger partial charge in [-0.3, -0.25) is 14.9 Å². The van der Waals surface area contributed by atoms with E-state index in [9.17, 15) is 14.4 Å². The molecular formula is C22H21N5O7. The van der Waals surface area contributed by atoms with Gasteiger partial charge in [-0.2, -0.15) is 0 Å². The Morgan fingerprint density at radius 2 is 2.09 bits per heavy atom. The highest BCUT2D eigenvalue weighted by Gasteiger charge is 2.45. The molecule has 4 heterocycles. The maximum Gasteiger partial charge on any atom is 0.412 e. The summed E-state index contributed by atoms with van der Waals surface area (Å²) < 4.78 is 15.8. The summed E-state index contributed by atoms with van der Waals surface area (Å²) in [6, 6.07) is 9.61. The molecule has 2 aliphatic rings. The maximum atomic E-state index is 13.1. The van der Waals surface area contributed by atoms with Gasteiger partial charge in [0.2, 0.25) is 0 Å². The predicted octanol–water partition coefficient (Wildman–Crippen LogP) is 2.11. The molecule has 2 aromatic heterocycles. The zero-order valence-electron chi connectivity index (χ0n) is 18.3. The summed E-state index contributed by atoms with van der Waals surface area (Å²) in [6.45, 7) is 0.438. The fourth-order valence-electron chi connectivity index (χ4n) is 4.11. The second kappa shape index (κ2) is 8.23. The van der Waals surface area contributed by atoms with E-state index >= 15 is 0 Å². The van der Waals surface area contributed by atoms with E-state index in [4.69, 9.17) is 14.0 Å². The first-order valence-electron chi connectivity index (χ1n) is 10.3. The van der Waals surface area contributed by atoms with Crippen molar-refractivity contribution in [3.8, 4) is 5.75 Å². The third kappa shape index (κ3) is 3.73. The number of methoxy groups -OCH3 is 2. The van der Waals surface area contributed by atoms with E-state index in [1.54, 1.807) is 35.2 Å². The van der Waals surface area contributed by atoms with Crippen molar-refractivity contribution in [1.29, 1.82) is 0 Å². The Hall–Kier alpha value is -4.32. The summed E-state index contributed by atoms with van der Waals surface area (Å²) >= 11 is 0. The fourth-order valence-corrected chi connectivity index (χ4v) is 4.11. The van der Waals surface area contributed by atoms with Gasteiger partial charge < -0.3 is 24.1 Å². The molecule has 0 saturated carbocycles. The molecule has 0 aliphatic carbocycles. The number of rotatable bonds is 5. The average molecular weight is 467 g/mol. The number of amides is 4. The Morgan fingerprint density at radius 1 is 1.24 bits per heavy atom. The zero-order valence-corrected chi connectivity index (χ0v) is 18.3. The molecule has 0 unspecified atom stereocenters. The summed E-state index contributed by atoms with van der Waals surface area (Å²) in [4.78, 5) is 48.2. The third-order valence-corrected chi connectivity index (χ3v) is 5.75. The first kappa shape index (κ1) is 21.5. The van der Waals surface area contributed by atoms with Crippen LogP contribution < -0.4 is 20.9 Å². The number of carbonyl (C=O) groups is 3. The van der Waals surface area contributed by atoms with Gasteiger partial charge in [-0.05, 0) is 29.8 Å². The van der Waals surface area contributed by atoms with Crippen LogP contribution in [0.2, 0.25) is 0 Å². The molecule has 12 nitrogen and oxygen atoms in total. The summed E-state index contributed by atoms with van der Waals surface area (Å²) in [7, 11) is 2.79. The minimum absolute atomic E-state index is 0.00469. The number of ether oxygens (including phenoxy) is 2. The van der Waals surface area contributed by atoms with Crippen LogP contribution in [-0.4, -0.2) is 55.3 Å². The number of nitrogens with one attached hydrogen (secondary N) is 3. The van der Waals surface area contributed by atoms with Gasteiger partial charge in [-0.1, -0.05) is 6.07 Å². The number of benzene rings is 1. The molecule has 1 fully saturated rings. The van der Waals surface area contributed by atoms with E-state index in [2.05, 4.69) is 25.8 Å². The highest BCUT2D eigenvalue weighted by atomic mass is 16.7. The monoisotopic (exact) mass is 467 g/mol. The maximum absolute atomic E-state index is 13.1. The van der Waals surface area contributed by atoms with Crippen molar-refractivity contribution in [2.45, 2.75) is 12.1 Å². The standard InChI is InChI=1S/C22H21N5O7/c1-31-13-4-3-12-9-27(19(28)14(12)7-13)10-22(11-33-26-20(29)25-22)17-8-15-16(34-17)5-6-18(23-15)24-21(30)32-2/h3-8H,9-11H2,1-2H3,(H,23,24,30)(H2,25,26,29)/t22-/m1/s1. The Morgan fingerprint density at radius 3 is 2.85 bits per heavy atom. The van der Waals surface area contributed by atoms with E-state index in [-0.39, 0.29) is 24.9 Å². The summed E-state index contributed by atoms with van der Waals surface area (Å²) in [6.07, 6.45) is -0.658. The van der Waals surface area contributed by atoms with Crippen LogP contribution in [0.4, 0.5) is 15.4 Å². The second-order valence-electron chi connectivity index (χ2n) is 7.92. The molecular weight excluding hydrogens is 446 g/mol. The van der Waals surface area contributed by atoms with Gasteiger partial charge in [0.15, 0.2) is 5.58 Å². The van der Waals surface area contributed by atoms with Crippen LogP contribution in [-0.2, 0) is 21.7 Å². The Bertz CT molecular complexity index is 1310. The number of urea groups is 1. The Kier molecular flexibility index (Phi) is 5.21. The van der Waals surface area contributed by atoms with Crippen molar-refractivity contribution in [2.75, 3.05) is 32.7 Å². The lowest BCUT2D eigenvalue weighted by Crippen LogP contribution is -2.62. The van der Waals surface area contributed by atoms with E-state index < -0.39 is 17.7 Å².